The van der Waals surface area contributed by atoms with Gasteiger partial charge in [0.1, 0.15) is 17.8 Å². The largest absolute Gasteiger partial charge is 0.343 e. The molecular formula is C36H44N8S. The lowest BCUT2D eigenvalue weighted by atomic mass is 9.76. The zero-order chi connectivity index (χ0) is 32.9. The molecule has 0 saturated heterocycles. The number of nitrogens with zero attached hydrogens (tertiary/aromatic N) is 8. The molecule has 0 bridgehead atoms. The lowest BCUT2D eigenvalue weighted by molar-refractivity contribution is 0.301. The topological polar surface area (TPSA) is 106 Å². The standard InChI is InChI=1S/C36H44N8S/c1-23(2)29(19-36(7,8)9)27-17-15-26(16-18-27)22-43-31(21-38)30(20-37)39-34(43)42-41-33-32(28-13-11-10-12-14-28)40-35(45-33)44(24(3)4)25(5)6/h10-18,23-25,29H,19,22H2,1-9H3. The van der Waals surface area contributed by atoms with Gasteiger partial charge in [-0.2, -0.15) is 15.5 Å². The Kier molecular flexibility index (Phi) is 10.6. The first-order valence-electron chi connectivity index (χ1n) is 15.6. The van der Waals surface area contributed by atoms with Crippen molar-refractivity contribution >= 4 is 27.4 Å². The molecule has 9 heteroatoms. The maximum absolute atomic E-state index is 10.0. The number of hydrogen-bond acceptors (Lipinski definition) is 8. The normalized spacial score (nSPS) is 12.7. The molecule has 45 heavy (non-hydrogen) atoms. The number of nitriles is 2. The van der Waals surface area contributed by atoms with Gasteiger partial charge in [0.25, 0.3) is 5.95 Å². The number of benzene rings is 2. The van der Waals surface area contributed by atoms with Crippen LogP contribution in [0, 0.1) is 34.0 Å². The van der Waals surface area contributed by atoms with Gasteiger partial charge in [-0.05, 0) is 62.5 Å². The molecule has 0 spiro atoms. The molecule has 0 aliphatic rings. The van der Waals surface area contributed by atoms with E-state index in [0.29, 0.717) is 23.4 Å². The molecule has 2 aromatic carbocycles. The molecule has 0 aliphatic heterocycles. The van der Waals surface area contributed by atoms with Crippen LogP contribution in [0.3, 0.4) is 0 Å². The third-order valence-corrected chi connectivity index (χ3v) is 8.71. The Morgan fingerprint density at radius 2 is 1.51 bits per heavy atom. The van der Waals surface area contributed by atoms with Crippen molar-refractivity contribution in [2.75, 3.05) is 4.90 Å². The number of rotatable bonds is 11. The molecule has 4 aromatic rings. The molecule has 2 aromatic heterocycles. The summed E-state index contributed by atoms with van der Waals surface area (Å²) < 4.78 is 1.67. The SMILES string of the molecule is CC(C)C(CC(C)(C)C)c1ccc(Cn2c(N=Nc3sc(N(C(C)C)C(C)C)nc3-c3ccccc3)nc(C#N)c2C#N)cc1. The predicted octanol–water partition coefficient (Wildman–Crippen LogP) is 10.0. The molecule has 0 radical (unpaired) electrons. The van der Waals surface area contributed by atoms with Gasteiger partial charge in [0.2, 0.25) is 0 Å². The molecule has 0 aliphatic carbocycles. The highest BCUT2D eigenvalue weighted by Gasteiger charge is 2.25. The van der Waals surface area contributed by atoms with Crippen molar-refractivity contribution in [1.29, 1.82) is 10.5 Å². The first-order valence-corrected chi connectivity index (χ1v) is 16.4. The van der Waals surface area contributed by atoms with E-state index in [4.69, 9.17) is 4.98 Å². The summed E-state index contributed by atoms with van der Waals surface area (Å²) in [7, 11) is 0. The van der Waals surface area contributed by atoms with Gasteiger partial charge >= 0.3 is 0 Å². The van der Waals surface area contributed by atoms with E-state index in [1.807, 2.05) is 30.3 Å². The molecular weight excluding hydrogens is 577 g/mol. The Hall–Kier alpha value is -4.34. The van der Waals surface area contributed by atoms with Crippen molar-refractivity contribution in [3.8, 4) is 23.4 Å². The molecule has 234 valence electrons. The summed E-state index contributed by atoms with van der Waals surface area (Å²) in [5.74, 6) is 1.17. The first-order chi connectivity index (χ1) is 21.3. The molecule has 1 atom stereocenters. The second kappa shape index (κ2) is 14.2. The average Bonchev–Trinajstić information content (AvgIpc) is 3.55. The predicted molar refractivity (Wildman–Crippen MR) is 183 cm³/mol. The third kappa shape index (κ3) is 8.04. The maximum Gasteiger partial charge on any atom is 0.252 e. The fraction of sp³-hybridized carbons (Fsp3) is 0.444. The van der Waals surface area contributed by atoms with Gasteiger partial charge in [-0.15, -0.1) is 10.2 Å². The minimum Gasteiger partial charge on any atom is -0.343 e. The number of thiazole rings is 1. The van der Waals surface area contributed by atoms with Crippen LogP contribution in [0.2, 0.25) is 0 Å². The van der Waals surface area contributed by atoms with Crippen LogP contribution >= 0.6 is 11.3 Å². The van der Waals surface area contributed by atoms with Gasteiger partial charge in [-0.25, -0.2) is 4.98 Å². The Balaban J connectivity index is 1.73. The summed E-state index contributed by atoms with van der Waals surface area (Å²) in [6.07, 6.45) is 1.09. The summed E-state index contributed by atoms with van der Waals surface area (Å²) >= 11 is 1.47. The van der Waals surface area contributed by atoms with Crippen LogP contribution in [-0.4, -0.2) is 26.6 Å². The molecule has 8 nitrogen and oxygen atoms in total. The van der Waals surface area contributed by atoms with Crippen LogP contribution in [0.25, 0.3) is 11.3 Å². The zero-order valence-electron chi connectivity index (χ0n) is 27.9. The fourth-order valence-corrected chi connectivity index (χ4v) is 6.88. The van der Waals surface area contributed by atoms with Crippen LogP contribution in [0.4, 0.5) is 16.1 Å². The van der Waals surface area contributed by atoms with E-state index < -0.39 is 0 Å². The van der Waals surface area contributed by atoms with Gasteiger partial charge in [-0.1, -0.05) is 101 Å². The quantitative estimate of drug-likeness (QED) is 0.155. The van der Waals surface area contributed by atoms with E-state index in [-0.39, 0.29) is 34.8 Å². The van der Waals surface area contributed by atoms with Crippen molar-refractivity contribution in [3.63, 3.8) is 0 Å². The summed E-state index contributed by atoms with van der Waals surface area (Å²) in [6.45, 7) is 20.3. The second-order valence-corrected chi connectivity index (χ2v) is 14.5. The highest BCUT2D eigenvalue weighted by Crippen LogP contribution is 2.42. The highest BCUT2D eigenvalue weighted by molar-refractivity contribution is 7.19. The molecule has 0 saturated carbocycles. The number of azo groups is 1. The smallest absolute Gasteiger partial charge is 0.252 e. The van der Waals surface area contributed by atoms with Crippen molar-refractivity contribution in [3.05, 3.63) is 77.1 Å². The Labute approximate surface area is 272 Å². The van der Waals surface area contributed by atoms with Gasteiger partial charge in [0, 0.05) is 17.6 Å². The minimum atomic E-state index is 0.0344. The van der Waals surface area contributed by atoms with Gasteiger partial charge in [-0.3, -0.25) is 4.57 Å². The van der Waals surface area contributed by atoms with Crippen molar-refractivity contribution in [2.24, 2.45) is 21.6 Å². The fourth-order valence-electron chi connectivity index (χ4n) is 5.70. The van der Waals surface area contributed by atoms with Gasteiger partial charge in [0.05, 0.1) is 6.54 Å². The van der Waals surface area contributed by atoms with E-state index >= 15 is 0 Å². The van der Waals surface area contributed by atoms with E-state index in [1.165, 1.54) is 16.9 Å². The van der Waals surface area contributed by atoms with Crippen LogP contribution in [-0.2, 0) is 6.54 Å². The molecule has 0 fully saturated rings. The van der Waals surface area contributed by atoms with Crippen LogP contribution in [0.1, 0.15) is 97.2 Å². The first kappa shape index (κ1) is 33.6. The van der Waals surface area contributed by atoms with E-state index in [0.717, 1.165) is 28.4 Å². The lowest BCUT2D eigenvalue weighted by Crippen LogP contribution is -2.36. The summed E-state index contributed by atoms with van der Waals surface area (Å²) in [5.41, 5.74) is 4.39. The summed E-state index contributed by atoms with van der Waals surface area (Å²) in [4.78, 5) is 11.7. The molecule has 4 rings (SSSR count). The van der Waals surface area contributed by atoms with Gasteiger partial charge in [0.15, 0.2) is 21.5 Å². The van der Waals surface area contributed by atoms with Crippen LogP contribution in [0.15, 0.2) is 64.8 Å². The third-order valence-electron chi connectivity index (χ3n) is 7.75. The Morgan fingerprint density at radius 1 is 0.867 bits per heavy atom. The molecule has 0 amide bonds. The van der Waals surface area contributed by atoms with E-state index in [2.05, 4.69) is 119 Å². The van der Waals surface area contributed by atoms with Crippen molar-refractivity contribution in [2.45, 2.75) is 93.3 Å². The van der Waals surface area contributed by atoms with Crippen molar-refractivity contribution in [1.82, 2.24) is 14.5 Å². The summed E-state index contributed by atoms with van der Waals surface area (Å²) in [5, 5.41) is 30.5. The second-order valence-electron chi connectivity index (χ2n) is 13.6. The Morgan fingerprint density at radius 3 is 2.04 bits per heavy atom. The number of aromatic nitrogens is 3. The van der Waals surface area contributed by atoms with E-state index in [9.17, 15) is 10.5 Å². The van der Waals surface area contributed by atoms with Crippen LogP contribution in [0.5, 0.6) is 0 Å². The van der Waals surface area contributed by atoms with Crippen molar-refractivity contribution < 1.29 is 0 Å². The number of anilines is 1. The average molecular weight is 621 g/mol. The zero-order valence-corrected chi connectivity index (χ0v) is 28.7. The lowest BCUT2D eigenvalue weighted by Gasteiger charge is -2.30. The minimum absolute atomic E-state index is 0.0344. The monoisotopic (exact) mass is 620 g/mol. The molecule has 0 N–H and O–H groups in total. The number of imidazole rings is 1. The van der Waals surface area contributed by atoms with E-state index in [1.54, 1.807) is 4.57 Å². The maximum atomic E-state index is 10.0. The molecule has 1 unspecified atom stereocenters. The Bertz CT molecular complexity index is 1680. The molecule has 2 heterocycles. The van der Waals surface area contributed by atoms with Gasteiger partial charge < -0.3 is 4.90 Å². The highest BCUT2D eigenvalue weighted by atomic mass is 32.1. The summed E-state index contributed by atoms with van der Waals surface area (Å²) in [6, 6.07) is 23.2. The van der Waals surface area contributed by atoms with Crippen LogP contribution < -0.4 is 4.90 Å². The number of hydrogen-bond donors (Lipinski definition) is 0.